The number of aromatic hydroxyl groups is 1. The summed E-state index contributed by atoms with van der Waals surface area (Å²) >= 11 is 1.34. The predicted molar refractivity (Wildman–Crippen MR) is 106 cm³/mol. The summed E-state index contributed by atoms with van der Waals surface area (Å²) in [4.78, 5) is 16.7. The van der Waals surface area contributed by atoms with Crippen LogP contribution in [0, 0.1) is 0 Å². The van der Waals surface area contributed by atoms with E-state index in [1.807, 2.05) is 29.6 Å². The molecule has 0 saturated heterocycles. The van der Waals surface area contributed by atoms with Crippen molar-refractivity contribution >= 4 is 22.4 Å². The Hall–Kier alpha value is -3.06. The fraction of sp³-hybridized carbons (Fsp3) is 0.200. The van der Waals surface area contributed by atoms with Crippen molar-refractivity contribution in [1.29, 1.82) is 0 Å². The summed E-state index contributed by atoms with van der Waals surface area (Å²) in [7, 11) is 3.17. The second kappa shape index (κ2) is 8.55. The Labute approximate surface area is 161 Å². The molecule has 1 aromatic heterocycles. The van der Waals surface area contributed by atoms with E-state index in [2.05, 4.69) is 10.3 Å². The highest BCUT2D eigenvalue weighted by atomic mass is 32.1. The van der Waals surface area contributed by atoms with E-state index >= 15 is 0 Å². The number of aromatic nitrogens is 1. The number of nitrogens with one attached hydrogen (secondary N) is 1. The number of benzene rings is 2. The topological polar surface area (TPSA) is 80.7 Å². The van der Waals surface area contributed by atoms with E-state index in [1.165, 1.54) is 11.3 Å². The van der Waals surface area contributed by atoms with Gasteiger partial charge in [0.2, 0.25) is 5.91 Å². The van der Waals surface area contributed by atoms with Crippen molar-refractivity contribution in [2.45, 2.75) is 12.8 Å². The molecule has 0 bridgehead atoms. The van der Waals surface area contributed by atoms with Gasteiger partial charge in [-0.05, 0) is 30.2 Å². The number of hydrogen-bond donors (Lipinski definition) is 2. The van der Waals surface area contributed by atoms with Gasteiger partial charge in [0.25, 0.3) is 0 Å². The van der Waals surface area contributed by atoms with Gasteiger partial charge < -0.3 is 19.9 Å². The molecule has 0 saturated carbocycles. The number of carbonyl (C=O) groups excluding carboxylic acids is 1. The lowest BCUT2D eigenvalue weighted by Gasteiger charge is -2.12. The lowest BCUT2D eigenvalue weighted by Crippen LogP contribution is -2.12. The number of ether oxygens (including phenoxy) is 2. The maximum absolute atomic E-state index is 12.3. The van der Waals surface area contributed by atoms with Crippen LogP contribution in [0.2, 0.25) is 0 Å². The number of aryl methyl sites for hydroxylation is 1. The maximum Gasteiger partial charge on any atom is 0.226 e. The number of carbonyl (C=O) groups is 1. The summed E-state index contributed by atoms with van der Waals surface area (Å²) in [5, 5.41) is 14.8. The van der Waals surface area contributed by atoms with E-state index in [0.29, 0.717) is 35.2 Å². The van der Waals surface area contributed by atoms with Gasteiger partial charge in [0, 0.05) is 17.4 Å². The Morgan fingerprint density at radius 3 is 2.74 bits per heavy atom. The highest BCUT2D eigenvalue weighted by molar-refractivity contribution is 7.14. The molecule has 0 aliphatic carbocycles. The molecule has 3 aromatic rings. The summed E-state index contributed by atoms with van der Waals surface area (Å²) in [6, 6.07) is 12.5. The minimum atomic E-state index is -0.128. The van der Waals surface area contributed by atoms with E-state index in [0.717, 1.165) is 11.1 Å². The monoisotopic (exact) mass is 384 g/mol. The molecule has 0 spiro atoms. The van der Waals surface area contributed by atoms with Gasteiger partial charge >= 0.3 is 0 Å². The Morgan fingerprint density at radius 2 is 2.00 bits per heavy atom. The summed E-state index contributed by atoms with van der Waals surface area (Å²) < 4.78 is 10.7. The molecule has 0 aliphatic rings. The van der Waals surface area contributed by atoms with Crippen molar-refractivity contribution in [2.75, 3.05) is 19.5 Å². The summed E-state index contributed by atoms with van der Waals surface area (Å²) in [6.45, 7) is 0. The van der Waals surface area contributed by atoms with Crippen molar-refractivity contribution < 1.29 is 19.4 Å². The average Bonchev–Trinajstić information content (AvgIpc) is 3.14. The van der Waals surface area contributed by atoms with Crippen LogP contribution in [-0.2, 0) is 11.2 Å². The first-order valence-corrected chi connectivity index (χ1v) is 9.23. The molecule has 0 atom stereocenters. The van der Waals surface area contributed by atoms with Crippen molar-refractivity contribution in [3.8, 4) is 28.5 Å². The molecule has 2 aromatic carbocycles. The van der Waals surface area contributed by atoms with Crippen LogP contribution in [0.25, 0.3) is 11.3 Å². The number of nitrogens with zero attached hydrogens (tertiary/aromatic N) is 1. The lowest BCUT2D eigenvalue weighted by molar-refractivity contribution is -0.116. The smallest absolute Gasteiger partial charge is 0.226 e. The van der Waals surface area contributed by atoms with Gasteiger partial charge in [-0.2, -0.15) is 0 Å². The van der Waals surface area contributed by atoms with Crippen LogP contribution in [0.3, 0.4) is 0 Å². The summed E-state index contributed by atoms with van der Waals surface area (Å²) in [6.07, 6.45) is 0.821. The minimum Gasteiger partial charge on any atom is -0.508 e. The lowest BCUT2D eigenvalue weighted by atomic mass is 10.1. The fourth-order valence-electron chi connectivity index (χ4n) is 2.71. The zero-order valence-electron chi connectivity index (χ0n) is 15.1. The normalized spacial score (nSPS) is 10.4. The molecule has 140 valence electrons. The van der Waals surface area contributed by atoms with Crippen molar-refractivity contribution in [2.24, 2.45) is 0 Å². The predicted octanol–water partition coefficient (Wildman–Crippen LogP) is 4.10. The van der Waals surface area contributed by atoms with Crippen LogP contribution in [0.5, 0.6) is 17.2 Å². The first-order chi connectivity index (χ1) is 13.1. The van der Waals surface area contributed by atoms with E-state index in [9.17, 15) is 9.90 Å². The quantitative estimate of drug-likeness (QED) is 0.641. The standard InChI is InChI=1S/C20H20N2O4S/c1-25-17-8-4-5-13(19(17)26-2)9-10-18(24)22-20-21-16(12-27-20)14-6-3-7-15(23)11-14/h3-8,11-12,23H,9-10H2,1-2H3,(H,21,22,24). The Morgan fingerprint density at radius 1 is 1.19 bits per heavy atom. The minimum absolute atomic E-state index is 0.128. The number of hydrogen-bond acceptors (Lipinski definition) is 6. The van der Waals surface area contributed by atoms with E-state index < -0.39 is 0 Å². The number of rotatable bonds is 7. The van der Waals surface area contributed by atoms with Crippen LogP contribution in [0.15, 0.2) is 47.8 Å². The number of amides is 1. The van der Waals surface area contributed by atoms with Crippen molar-refractivity contribution in [1.82, 2.24) is 4.98 Å². The first kappa shape index (κ1) is 18.7. The third-order valence-corrected chi connectivity index (χ3v) is 4.76. The van der Waals surface area contributed by atoms with Crippen LogP contribution in [-0.4, -0.2) is 30.2 Å². The van der Waals surface area contributed by atoms with Crippen LogP contribution < -0.4 is 14.8 Å². The molecule has 0 radical (unpaired) electrons. The molecule has 3 rings (SSSR count). The van der Waals surface area contributed by atoms with Crippen LogP contribution in [0.4, 0.5) is 5.13 Å². The summed E-state index contributed by atoms with van der Waals surface area (Å²) in [5.41, 5.74) is 2.42. The zero-order valence-corrected chi connectivity index (χ0v) is 15.9. The molecule has 7 heteroatoms. The Balaban J connectivity index is 1.62. The van der Waals surface area contributed by atoms with Crippen LogP contribution in [0.1, 0.15) is 12.0 Å². The largest absolute Gasteiger partial charge is 0.508 e. The SMILES string of the molecule is COc1cccc(CCC(=O)Nc2nc(-c3cccc(O)c3)cs2)c1OC. The third kappa shape index (κ3) is 4.57. The van der Waals surface area contributed by atoms with Crippen molar-refractivity contribution in [3.05, 3.63) is 53.4 Å². The zero-order chi connectivity index (χ0) is 19.2. The molecule has 2 N–H and O–H groups in total. The van der Waals surface area contributed by atoms with Crippen LogP contribution >= 0.6 is 11.3 Å². The van der Waals surface area contributed by atoms with Gasteiger partial charge in [0.15, 0.2) is 16.6 Å². The molecule has 1 amide bonds. The molecular weight excluding hydrogens is 364 g/mol. The molecule has 27 heavy (non-hydrogen) atoms. The average molecular weight is 384 g/mol. The number of anilines is 1. The molecule has 0 aliphatic heterocycles. The maximum atomic E-state index is 12.3. The van der Waals surface area contributed by atoms with Gasteiger partial charge in [-0.1, -0.05) is 24.3 Å². The number of phenolic OH excluding ortho intramolecular Hbond substituents is 1. The van der Waals surface area contributed by atoms with Crippen molar-refractivity contribution in [3.63, 3.8) is 0 Å². The van der Waals surface area contributed by atoms with E-state index in [1.54, 1.807) is 32.4 Å². The second-order valence-electron chi connectivity index (χ2n) is 5.79. The molecule has 0 unspecified atom stereocenters. The third-order valence-electron chi connectivity index (χ3n) is 4.00. The number of para-hydroxylation sites is 1. The number of methoxy groups -OCH3 is 2. The van der Waals surface area contributed by atoms with Gasteiger partial charge in [-0.3, -0.25) is 4.79 Å². The summed E-state index contributed by atoms with van der Waals surface area (Å²) in [5.74, 6) is 1.34. The van der Waals surface area contributed by atoms with E-state index in [4.69, 9.17) is 9.47 Å². The fourth-order valence-corrected chi connectivity index (χ4v) is 3.45. The van der Waals surface area contributed by atoms with Gasteiger partial charge in [0.05, 0.1) is 19.9 Å². The van der Waals surface area contributed by atoms with E-state index in [-0.39, 0.29) is 11.7 Å². The van der Waals surface area contributed by atoms with Gasteiger partial charge in [-0.25, -0.2) is 4.98 Å². The second-order valence-corrected chi connectivity index (χ2v) is 6.65. The highest BCUT2D eigenvalue weighted by Crippen LogP contribution is 2.31. The molecular formula is C20H20N2O4S. The molecule has 0 fully saturated rings. The number of thiazole rings is 1. The number of phenols is 1. The first-order valence-electron chi connectivity index (χ1n) is 8.35. The Kier molecular flexibility index (Phi) is 5.93. The Bertz CT molecular complexity index is 939. The molecule has 6 nitrogen and oxygen atoms in total. The highest BCUT2D eigenvalue weighted by Gasteiger charge is 2.13. The van der Waals surface area contributed by atoms with Gasteiger partial charge in [-0.15, -0.1) is 11.3 Å². The van der Waals surface area contributed by atoms with Gasteiger partial charge in [0.1, 0.15) is 5.75 Å². The molecule has 1 heterocycles.